The van der Waals surface area contributed by atoms with Gasteiger partial charge in [0, 0.05) is 0 Å². The van der Waals surface area contributed by atoms with E-state index >= 15 is 0 Å². The molecule has 2 unspecified atom stereocenters. The number of aliphatic carboxylic acids is 1. The molecular formula is C23H34O3. The Hall–Kier alpha value is -2.13. The number of allylic oxidation sites excluding steroid dienone is 11. The van der Waals surface area contributed by atoms with E-state index in [9.17, 15) is 9.90 Å². The highest BCUT2D eigenvalue weighted by molar-refractivity contribution is 5.69. The van der Waals surface area contributed by atoms with Gasteiger partial charge in [0.05, 0.1) is 12.0 Å². The number of hydrogen-bond acceptors (Lipinski definition) is 2. The molecule has 0 aromatic heterocycles. The van der Waals surface area contributed by atoms with Gasteiger partial charge in [0.25, 0.3) is 0 Å². The molecule has 0 bridgehead atoms. The molecule has 2 N–H and O–H groups in total. The van der Waals surface area contributed by atoms with Crippen LogP contribution in [0.4, 0.5) is 0 Å². The van der Waals surface area contributed by atoms with E-state index in [1.807, 2.05) is 12.2 Å². The lowest BCUT2D eigenvalue weighted by Crippen LogP contribution is -2.16. The minimum atomic E-state index is -0.882. The molecular weight excluding hydrogens is 324 g/mol. The third-order valence-electron chi connectivity index (χ3n) is 3.59. The average Bonchev–Trinajstić information content (AvgIpc) is 2.61. The second kappa shape index (κ2) is 17.7. The second-order valence-corrected chi connectivity index (χ2v) is 6.09. The maximum Gasteiger partial charge on any atom is 0.306 e. The summed E-state index contributed by atoms with van der Waals surface area (Å²) in [7, 11) is 0. The normalized spacial score (nSPS) is 15.5. The Kier molecular flexibility index (Phi) is 16.2. The molecule has 0 aliphatic rings. The lowest BCUT2D eigenvalue weighted by Gasteiger charge is -2.08. The second-order valence-electron chi connectivity index (χ2n) is 6.09. The van der Waals surface area contributed by atoms with Crippen molar-refractivity contribution in [3.63, 3.8) is 0 Å². The van der Waals surface area contributed by atoms with Gasteiger partial charge < -0.3 is 10.2 Å². The first kappa shape index (κ1) is 23.9. The fourth-order valence-electron chi connectivity index (χ4n) is 2.05. The molecule has 26 heavy (non-hydrogen) atoms. The summed E-state index contributed by atoms with van der Waals surface area (Å²) in [6, 6.07) is 0. The molecule has 3 heteroatoms. The first-order valence-corrected chi connectivity index (χ1v) is 9.42. The van der Waals surface area contributed by atoms with Crippen molar-refractivity contribution in [2.75, 3.05) is 0 Å². The number of aliphatic hydroxyl groups excluding tert-OH is 1. The molecule has 0 aromatic rings. The van der Waals surface area contributed by atoms with Gasteiger partial charge in [0.1, 0.15) is 0 Å². The molecule has 0 fully saturated rings. The molecule has 0 aliphatic heterocycles. The highest BCUT2D eigenvalue weighted by atomic mass is 16.4. The van der Waals surface area contributed by atoms with Crippen LogP contribution in [0.2, 0.25) is 0 Å². The Balaban J connectivity index is 3.75. The van der Waals surface area contributed by atoms with E-state index in [4.69, 9.17) is 5.11 Å². The maximum atomic E-state index is 10.7. The van der Waals surface area contributed by atoms with Gasteiger partial charge in [-0.1, -0.05) is 86.8 Å². The van der Waals surface area contributed by atoms with Crippen molar-refractivity contribution in [1.29, 1.82) is 0 Å². The van der Waals surface area contributed by atoms with Crippen LogP contribution in [0.5, 0.6) is 0 Å². The minimum Gasteiger partial charge on any atom is -0.481 e. The van der Waals surface area contributed by atoms with E-state index in [0.29, 0.717) is 0 Å². The van der Waals surface area contributed by atoms with E-state index < -0.39 is 18.0 Å². The summed E-state index contributed by atoms with van der Waals surface area (Å²) in [5, 5.41) is 18.4. The summed E-state index contributed by atoms with van der Waals surface area (Å²) in [5.41, 5.74) is 0. The zero-order valence-electron chi connectivity index (χ0n) is 16.1. The van der Waals surface area contributed by atoms with Gasteiger partial charge in [-0.15, -0.1) is 0 Å². The monoisotopic (exact) mass is 358 g/mol. The fraction of sp³-hybridized carbons (Fsp3) is 0.435. The van der Waals surface area contributed by atoms with Crippen LogP contribution in [0.1, 0.15) is 52.4 Å². The summed E-state index contributed by atoms with van der Waals surface area (Å²) in [6.07, 6.45) is 28.9. The number of rotatable bonds is 14. The van der Waals surface area contributed by atoms with Crippen molar-refractivity contribution in [3.8, 4) is 0 Å². The van der Waals surface area contributed by atoms with Crippen molar-refractivity contribution in [2.45, 2.75) is 58.5 Å². The lowest BCUT2D eigenvalue weighted by atomic mass is 10.0. The highest BCUT2D eigenvalue weighted by Crippen LogP contribution is 2.07. The van der Waals surface area contributed by atoms with Crippen molar-refractivity contribution >= 4 is 5.97 Å². The van der Waals surface area contributed by atoms with Crippen molar-refractivity contribution in [2.24, 2.45) is 5.92 Å². The van der Waals surface area contributed by atoms with Gasteiger partial charge >= 0.3 is 5.97 Å². The van der Waals surface area contributed by atoms with Crippen LogP contribution in [0.3, 0.4) is 0 Å². The van der Waals surface area contributed by atoms with E-state index in [2.05, 4.69) is 55.5 Å². The van der Waals surface area contributed by atoms with Gasteiger partial charge in [-0.25, -0.2) is 0 Å². The number of carboxylic acids is 1. The predicted octanol–water partition coefficient (Wildman–Crippen LogP) is 5.77. The highest BCUT2D eigenvalue weighted by Gasteiger charge is 2.13. The molecule has 0 aromatic carbocycles. The van der Waals surface area contributed by atoms with Crippen molar-refractivity contribution in [3.05, 3.63) is 72.9 Å². The SMILES string of the molecule is CC/C=C\C/C=C\C/C=C\C/C=C\C/C=C\C=C\C(O)CC(C)C(=O)O. The first-order valence-electron chi connectivity index (χ1n) is 9.42. The molecule has 3 nitrogen and oxygen atoms in total. The quantitative estimate of drug-likeness (QED) is 0.306. The third kappa shape index (κ3) is 16.7. The Morgan fingerprint density at radius 1 is 0.808 bits per heavy atom. The van der Waals surface area contributed by atoms with Crippen LogP contribution in [0, 0.1) is 5.92 Å². The summed E-state index contributed by atoms with van der Waals surface area (Å²) in [4.78, 5) is 10.7. The van der Waals surface area contributed by atoms with Crippen LogP contribution in [-0.2, 0) is 4.79 Å². The molecule has 0 amide bonds. The van der Waals surface area contributed by atoms with Crippen LogP contribution in [0.25, 0.3) is 0 Å². The van der Waals surface area contributed by atoms with E-state index in [1.54, 1.807) is 19.1 Å². The zero-order chi connectivity index (χ0) is 19.5. The summed E-state index contributed by atoms with van der Waals surface area (Å²) >= 11 is 0. The van der Waals surface area contributed by atoms with Crippen LogP contribution in [0.15, 0.2) is 72.9 Å². The molecule has 2 atom stereocenters. The number of carboxylic acid groups (broad SMARTS) is 1. The Morgan fingerprint density at radius 3 is 1.73 bits per heavy atom. The van der Waals surface area contributed by atoms with Crippen molar-refractivity contribution < 1.29 is 15.0 Å². The third-order valence-corrected chi connectivity index (χ3v) is 3.59. The molecule has 0 radical (unpaired) electrons. The maximum absolute atomic E-state index is 10.7. The average molecular weight is 359 g/mol. The molecule has 0 aliphatic carbocycles. The van der Waals surface area contributed by atoms with Crippen molar-refractivity contribution in [1.82, 2.24) is 0 Å². The van der Waals surface area contributed by atoms with Gasteiger partial charge in [0.2, 0.25) is 0 Å². The van der Waals surface area contributed by atoms with Gasteiger partial charge in [-0.3, -0.25) is 4.79 Å². The Morgan fingerprint density at radius 2 is 1.27 bits per heavy atom. The van der Waals surface area contributed by atoms with E-state index in [1.165, 1.54) is 0 Å². The summed E-state index contributed by atoms with van der Waals surface area (Å²) in [6.45, 7) is 3.73. The first-order chi connectivity index (χ1) is 12.6. The number of aliphatic hydroxyl groups is 1. The number of hydrogen-bond donors (Lipinski definition) is 2. The molecule has 0 spiro atoms. The van der Waals surface area contributed by atoms with E-state index in [0.717, 1.165) is 32.1 Å². The largest absolute Gasteiger partial charge is 0.481 e. The standard InChI is InChI=1S/C23H34O3/c1-3-4-5-6-7-8-9-10-11-12-13-14-15-16-17-18-19-22(24)20-21(2)23(25)26/h4-5,7-8,10-11,13-14,16-19,21-22,24H,3,6,9,12,15,20H2,1-2H3,(H,25,26)/b5-4-,8-7-,11-10-,14-13-,17-16-,19-18+. The zero-order valence-corrected chi connectivity index (χ0v) is 16.1. The summed E-state index contributed by atoms with van der Waals surface area (Å²) < 4.78 is 0. The van der Waals surface area contributed by atoms with Gasteiger partial charge in [-0.05, 0) is 38.5 Å². The number of carbonyl (C=O) groups is 1. The fourth-order valence-corrected chi connectivity index (χ4v) is 2.05. The molecule has 0 rings (SSSR count). The minimum absolute atomic E-state index is 0.233. The van der Waals surface area contributed by atoms with Gasteiger partial charge in [-0.2, -0.15) is 0 Å². The smallest absolute Gasteiger partial charge is 0.306 e. The van der Waals surface area contributed by atoms with Crippen LogP contribution >= 0.6 is 0 Å². The topological polar surface area (TPSA) is 57.5 Å². The predicted molar refractivity (Wildman–Crippen MR) is 111 cm³/mol. The van der Waals surface area contributed by atoms with Crippen LogP contribution < -0.4 is 0 Å². The molecule has 0 heterocycles. The molecule has 0 saturated heterocycles. The molecule has 144 valence electrons. The van der Waals surface area contributed by atoms with E-state index in [-0.39, 0.29) is 6.42 Å². The van der Waals surface area contributed by atoms with Gasteiger partial charge in [0.15, 0.2) is 0 Å². The summed E-state index contributed by atoms with van der Waals surface area (Å²) in [5.74, 6) is -1.42. The molecule has 0 saturated carbocycles. The Bertz CT molecular complexity index is 522. The Labute approximate surface area is 158 Å². The lowest BCUT2D eigenvalue weighted by molar-refractivity contribution is -0.141. The van der Waals surface area contributed by atoms with Crippen LogP contribution in [-0.4, -0.2) is 22.3 Å².